The summed E-state index contributed by atoms with van der Waals surface area (Å²) in [6, 6.07) is 64.7. The molecular formula is C48H29N3. The Kier molecular flexibility index (Phi) is 5.23. The van der Waals surface area contributed by atoms with E-state index in [0.29, 0.717) is 0 Å². The highest BCUT2D eigenvalue weighted by Crippen LogP contribution is 2.43. The average molecular weight is 648 g/mol. The number of fused-ring (bicyclic) bond motifs is 12. The van der Waals surface area contributed by atoms with Crippen molar-refractivity contribution in [3.8, 4) is 22.5 Å². The summed E-state index contributed by atoms with van der Waals surface area (Å²) in [7, 11) is 0. The number of rotatable bonds is 3. The van der Waals surface area contributed by atoms with Crippen LogP contribution in [0.5, 0.6) is 0 Å². The molecule has 0 amide bonds. The van der Waals surface area contributed by atoms with Gasteiger partial charge in [0.05, 0.1) is 38.6 Å². The van der Waals surface area contributed by atoms with Gasteiger partial charge in [-0.25, -0.2) is 0 Å². The summed E-state index contributed by atoms with van der Waals surface area (Å²) in [6.45, 7) is 0. The molecule has 0 radical (unpaired) electrons. The molecule has 3 nitrogen and oxygen atoms in total. The van der Waals surface area contributed by atoms with E-state index in [-0.39, 0.29) is 0 Å². The molecule has 0 N–H and O–H groups in total. The molecule has 0 unspecified atom stereocenters. The van der Waals surface area contributed by atoms with E-state index in [1.807, 2.05) is 0 Å². The molecule has 8 aromatic carbocycles. The number of hydrogen-bond donors (Lipinski definition) is 0. The number of para-hydroxylation sites is 5. The lowest BCUT2D eigenvalue weighted by atomic mass is 9.98. The first-order valence-corrected chi connectivity index (χ1v) is 17.6. The molecule has 0 aliphatic rings. The molecule has 0 atom stereocenters. The number of aromatic nitrogens is 3. The van der Waals surface area contributed by atoms with Gasteiger partial charge in [0, 0.05) is 54.5 Å². The molecule has 0 saturated carbocycles. The summed E-state index contributed by atoms with van der Waals surface area (Å²) in [5.41, 5.74) is 13.4. The first-order valence-electron chi connectivity index (χ1n) is 17.6. The van der Waals surface area contributed by atoms with Crippen molar-refractivity contribution in [2.75, 3.05) is 0 Å². The van der Waals surface area contributed by atoms with E-state index >= 15 is 0 Å². The molecule has 12 aromatic rings. The van der Waals surface area contributed by atoms with Gasteiger partial charge >= 0.3 is 0 Å². The monoisotopic (exact) mass is 647 g/mol. The van der Waals surface area contributed by atoms with Gasteiger partial charge in [0.2, 0.25) is 0 Å². The summed E-state index contributed by atoms with van der Waals surface area (Å²) in [5, 5.41) is 10.2. The fourth-order valence-electron chi connectivity index (χ4n) is 9.00. The lowest BCUT2D eigenvalue weighted by molar-refractivity contribution is 1.15. The van der Waals surface area contributed by atoms with Crippen molar-refractivity contribution in [3.05, 3.63) is 176 Å². The molecule has 0 aliphatic carbocycles. The van der Waals surface area contributed by atoms with Crippen LogP contribution in [0, 0.1) is 0 Å². The van der Waals surface area contributed by atoms with Crippen LogP contribution in [0.1, 0.15) is 0 Å². The fourth-order valence-corrected chi connectivity index (χ4v) is 9.00. The normalized spacial score (nSPS) is 12.3. The Balaban J connectivity index is 1.14. The average Bonchev–Trinajstić information content (AvgIpc) is 3.92. The van der Waals surface area contributed by atoms with Crippen LogP contribution in [0.15, 0.2) is 176 Å². The van der Waals surface area contributed by atoms with Gasteiger partial charge in [-0.3, -0.25) is 0 Å². The summed E-state index contributed by atoms with van der Waals surface area (Å²) in [4.78, 5) is 0. The maximum Gasteiger partial charge on any atom is 0.0620 e. The van der Waals surface area contributed by atoms with Crippen molar-refractivity contribution < 1.29 is 0 Å². The predicted molar refractivity (Wildman–Crippen MR) is 215 cm³/mol. The number of benzene rings is 8. The third-order valence-electron chi connectivity index (χ3n) is 11.1. The summed E-state index contributed by atoms with van der Waals surface area (Å²) < 4.78 is 7.31. The van der Waals surface area contributed by atoms with E-state index in [0.717, 1.165) is 11.4 Å². The molecule has 0 fully saturated rings. The Morgan fingerprint density at radius 1 is 0.255 bits per heavy atom. The zero-order chi connectivity index (χ0) is 33.2. The smallest absolute Gasteiger partial charge is 0.0620 e. The van der Waals surface area contributed by atoms with Crippen LogP contribution in [0.4, 0.5) is 0 Å². The highest BCUT2D eigenvalue weighted by molar-refractivity contribution is 6.24. The SMILES string of the molecule is c1ccc(-n2c3ccccc3c3ccc(-n4c5ccccc5c5ccc(-c6cc7c8ccccc8n8c9ccccc9c(c6)c78)cc54)cc32)cc1. The van der Waals surface area contributed by atoms with Crippen molar-refractivity contribution in [2.24, 2.45) is 0 Å². The molecule has 4 aromatic heterocycles. The highest BCUT2D eigenvalue weighted by atomic mass is 15.0. The zero-order valence-corrected chi connectivity index (χ0v) is 27.6. The second-order valence-corrected chi connectivity index (χ2v) is 13.8. The third kappa shape index (κ3) is 3.57. The van der Waals surface area contributed by atoms with Crippen molar-refractivity contribution >= 4 is 81.7 Å². The molecule has 236 valence electrons. The second-order valence-electron chi connectivity index (χ2n) is 13.8. The standard InChI is InChI=1S/C48H29N3/c1-2-12-32(13-3-1)49-42-18-8-4-15-35(42)39-25-23-33(29-47(39)49)50-43-19-9-5-14-34(43)38-24-22-30(28-46(38)50)31-26-40-36-16-6-10-20-44(36)51-45-21-11-7-17-37(45)41(27-31)48(40)51/h1-29H. The Labute approximate surface area is 292 Å². The van der Waals surface area contributed by atoms with E-state index in [4.69, 9.17) is 0 Å². The molecule has 12 rings (SSSR count). The summed E-state index contributed by atoms with van der Waals surface area (Å²) in [5.74, 6) is 0. The Morgan fingerprint density at radius 2 is 0.706 bits per heavy atom. The van der Waals surface area contributed by atoms with Crippen molar-refractivity contribution in [3.63, 3.8) is 0 Å². The Hall–Kier alpha value is -6.84. The van der Waals surface area contributed by atoms with E-state index < -0.39 is 0 Å². The summed E-state index contributed by atoms with van der Waals surface area (Å²) >= 11 is 0. The van der Waals surface area contributed by atoms with Gasteiger partial charge in [0.25, 0.3) is 0 Å². The number of nitrogens with zero attached hydrogens (tertiary/aromatic N) is 3. The van der Waals surface area contributed by atoms with E-state index in [1.165, 1.54) is 92.8 Å². The lowest BCUT2D eigenvalue weighted by Gasteiger charge is -2.12. The third-order valence-corrected chi connectivity index (χ3v) is 11.1. The van der Waals surface area contributed by atoms with Gasteiger partial charge in [0.15, 0.2) is 0 Å². The van der Waals surface area contributed by atoms with Crippen LogP contribution in [0.25, 0.3) is 104 Å². The molecular weight excluding hydrogens is 619 g/mol. The molecule has 0 aliphatic heterocycles. The van der Waals surface area contributed by atoms with E-state index in [2.05, 4.69) is 189 Å². The minimum absolute atomic E-state index is 1.15. The Bertz CT molecular complexity index is 3270. The van der Waals surface area contributed by atoms with Gasteiger partial charge in [-0.1, -0.05) is 109 Å². The fraction of sp³-hybridized carbons (Fsp3) is 0. The van der Waals surface area contributed by atoms with Crippen LogP contribution in [0.3, 0.4) is 0 Å². The molecule has 0 spiro atoms. The number of hydrogen-bond acceptors (Lipinski definition) is 0. The van der Waals surface area contributed by atoms with Gasteiger partial charge in [-0.2, -0.15) is 0 Å². The van der Waals surface area contributed by atoms with Crippen LogP contribution >= 0.6 is 0 Å². The maximum absolute atomic E-state index is 2.46. The predicted octanol–water partition coefficient (Wildman–Crippen LogP) is 12.7. The molecule has 4 heterocycles. The minimum Gasteiger partial charge on any atom is -0.309 e. The minimum atomic E-state index is 1.15. The van der Waals surface area contributed by atoms with Gasteiger partial charge in [-0.05, 0) is 77.9 Å². The summed E-state index contributed by atoms with van der Waals surface area (Å²) in [6.07, 6.45) is 0. The molecule has 3 heteroatoms. The first kappa shape index (κ1) is 27.0. The van der Waals surface area contributed by atoms with Crippen molar-refractivity contribution in [1.29, 1.82) is 0 Å². The maximum atomic E-state index is 2.46. The molecule has 0 bridgehead atoms. The second kappa shape index (κ2) is 9.87. The largest absolute Gasteiger partial charge is 0.309 e. The van der Waals surface area contributed by atoms with Crippen LogP contribution < -0.4 is 0 Å². The quantitative estimate of drug-likeness (QED) is 0.181. The van der Waals surface area contributed by atoms with E-state index in [9.17, 15) is 0 Å². The van der Waals surface area contributed by atoms with Crippen molar-refractivity contribution in [2.45, 2.75) is 0 Å². The van der Waals surface area contributed by atoms with Gasteiger partial charge in [-0.15, -0.1) is 0 Å². The molecule has 51 heavy (non-hydrogen) atoms. The van der Waals surface area contributed by atoms with Crippen LogP contribution in [-0.2, 0) is 0 Å². The molecule has 0 saturated heterocycles. The topological polar surface area (TPSA) is 14.3 Å². The first-order chi connectivity index (χ1) is 25.3. The van der Waals surface area contributed by atoms with E-state index in [1.54, 1.807) is 0 Å². The highest BCUT2D eigenvalue weighted by Gasteiger charge is 2.20. The van der Waals surface area contributed by atoms with Gasteiger partial charge < -0.3 is 13.5 Å². The van der Waals surface area contributed by atoms with Gasteiger partial charge in [0.1, 0.15) is 0 Å². The zero-order valence-electron chi connectivity index (χ0n) is 27.6. The lowest BCUT2D eigenvalue weighted by Crippen LogP contribution is -1.97. The Morgan fingerprint density at radius 3 is 1.31 bits per heavy atom. The van der Waals surface area contributed by atoms with Crippen LogP contribution in [-0.4, -0.2) is 13.5 Å². The van der Waals surface area contributed by atoms with Crippen molar-refractivity contribution in [1.82, 2.24) is 13.5 Å². The van der Waals surface area contributed by atoms with Crippen LogP contribution in [0.2, 0.25) is 0 Å².